The van der Waals surface area contributed by atoms with Gasteiger partial charge in [0.05, 0.1) is 19.2 Å². The lowest BCUT2D eigenvalue weighted by molar-refractivity contribution is -0.166. The Balaban J connectivity index is 2.64. The Morgan fingerprint density at radius 2 is 2.00 bits per heavy atom. The topological polar surface area (TPSA) is 65.1 Å². The van der Waals surface area contributed by atoms with Gasteiger partial charge in [0.1, 0.15) is 5.60 Å². The van der Waals surface area contributed by atoms with Gasteiger partial charge < -0.3 is 19.1 Å². The van der Waals surface area contributed by atoms with Crippen LogP contribution in [0.15, 0.2) is 0 Å². The third kappa shape index (κ3) is 5.24. The Morgan fingerprint density at radius 1 is 1.37 bits per heavy atom. The first-order chi connectivity index (χ1) is 8.73. The van der Waals surface area contributed by atoms with Crippen molar-refractivity contribution >= 4 is 23.7 Å². The van der Waals surface area contributed by atoms with Gasteiger partial charge in [-0.25, -0.2) is 9.59 Å². The molecule has 1 aliphatic heterocycles. The number of halogens is 1. The van der Waals surface area contributed by atoms with E-state index in [4.69, 9.17) is 21.1 Å². The number of amides is 1. The number of carbonyl (C=O) groups excluding carboxylic acids is 2. The lowest BCUT2D eigenvalue weighted by atomic mass is 10.2. The van der Waals surface area contributed by atoms with E-state index in [0.29, 0.717) is 6.54 Å². The molecule has 0 aromatic rings. The molecule has 1 amide bonds. The summed E-state index contributed by atoms with van der Waals surface area (Å²) in [6, 6.07) is -0.237. The highest BCUT2D eigenvalue weighted by Gasteiger charge is 2.35. The number of ether oxygens (including phenoxy) is 3. The smallest absolute Gasteiger partial charge is 0.410 e. The number of morpholine rings is 1. The van der Waals surface area contributed by atoms with Crippen molar-refractivity contribution in [2.24, 2.45) is 0 Å². The van der Waals surface area contributed by atoms with E-state index in [1.54, 1.807) is 27.7 Å². The van der Waals surface area contributed by atoms with Crippen LogP contribution in [0.5, 0.6) is 0 Å². The second-order valence-electron chi connectivity index (χ2n) is 5.39. The Kier molecular flexibility index (Phi) is 5.43. The number of alkyl halides is 1. The first-order valence-corrected chi connectivity index (χ1v) is 6.62. The molecule has 1 rings (SSSR count). The molecule has 0 aromatic heterocycles. The van der Waals surface area contributed by atoms with Crippen LogP contribution < -0.4 is 0 Å². The fourth-order valence-corrected chi connectivity index (χ4v) is 1.81. The summed E-state index contributed by atoms with van der Waals surface area (Å²) in [6.07, 6.45) is -1.56. The molecule has 1 fully saturated rings. The largest absolute Gasteiger partial charge is 0.447 e. The van der Waals surface area contributed by atoms with Crippen LogP contribution in [0.3, 0.4) is 0 Å². The summed E-state index contributed by atoms with van der Waals surface area (Å²) in [5, 5.41) is 0. The monoisotopic (exact) mass is 293 g/mol. The fourth-order valence-electron chi connectivity index (χ4n) is 1.70. The molecule has 0 spiro atoms. The van der Waals surface area contributed by atoms with Gasteiger partial charge in [-0.3, -0.25) is 0 Å². The van der Waals surface area contributed by atoms with E-state index in [-0.39, 0.29) is 18.7 Å². The van der Waals surface area contributed by atoms with Crippen LogP contribution in [0.25, 0.3) is 0 Å². The minimum atomic E-state index is -0.824. The number of nitrogens with zero attached hydrogens (tertiary/aromatic N) is 1. The molecule has 110 valence electrons. The van der Waals surface area contributed by atoms with E-state index < -0.39 is 23.8 Å². The van der Waals surface area contributed by atoms with E-state index in [9.17, 15) is 9.59 Å². The molecule has 0 aromatic carbocycles. The van der Waals surface area contributed by atoms with Crippen LogP contribution >= 0.6 is 11.6 Å². The lowest BCUT2D eigenvalue weighted by Gasteiger charge is -2.36. The zero-order valence-electron chi connectivity index (χ0n) is 11.6. The van der Waals surface area contributed by atoms with Crippen molar-refractivity contribution in [1.29, 1.82) is 0 Å². The van der Waals surface area contributed by atoms with Gasteiger partial charge in [-0.1, -0.05) is 11.6 Å². The van der Waals surface area contributed by atoms with Gasteiger partial charge in [-0.05, 0) is 27.7 Å². The number of carbonyl (C=O) groups is 2. The molecule has 1 aliphatic rings. The van der Waals surface area contributed by atoms with Crippen LogP contribution in [-0.2, 0) is 19.0 Å². The van der Waals surface area contributed by atoms with Crippen LogP contribution in [0.2, 0.25) is 0 Å². The van der Waals surface area contributed by atoms with Crippen LogP contribution in [0, 0.1) is 0 Å². The first-order valence-electron chi connectivity index (χ1n) is 6.09. The maximum Gasteiger partial charge on any atom is 0.410 e. The van der Waals surface area contributed by atoms with E-state index in [1.807, 2.05) is 0 Å². The van der Waals surface area contributed by atoms with Crippen molar-refractivity contribution in [2.45, 2.75) is 45.5 Å². The van der Waals surface area contributed by atoms with Crippen molar-refractivity contribution in [1.82, 2.24) is 4.90 Å². The van der Waals surface area contributed by atoms with E-state index >= 15 is 0 Å². The standard InChI is InChI=1S/C12H20ClNO5/c1-8-5-14(11(16)19-12(2,3)4)6-9(18-8)10(15)17-7-13/h8-9H,5-7H2,1-4H3. The molecule has 6 nitrogen and oxygen atoms in total. The predicted octanol–water partition coefficient (Wildman–Crippen LogP) is 1.75. The Hall–Kier alpha value is -1.01. The van der Waals surface area contributed by atoms with Crippen molar-refractivity contribution in [3.05, 3.63) is 0 Å². The summed E-state index contributed by atoms with van der Waals surface area (Å²) in [4.78, 5) is 25.0. The van der Waals surface area contributed by atoms with Gasteiger partial charge in [0.25, 0.3) is 0 Å². The molecule has 0 bridgehead atoms. The highest BCUT2D eigenvalue weighted by Crippen LogP contribution is 2.16. The van der Waals surface area contributed by atoms with Crippen LogP contribution in [-0.4, -0.2) is 53.9 Å². The maximum atomic E-state index is 12.0. The molecule has 0 radical (unpaired) electrons. The lowest BCUT2D eigenvalue weighted by Crippen LogP contribution is -2.53. The summed E-state index contributed by atoms with van der Waals surface area (Å²) in [5.41, 5.74) is -0.579. The number of esters is 1. The Morgan fingerprint density at radius 3 is 2.53 bits per heavy atom. The van der Waals surface area contributed by atoms with Crippen molar-refractivity contribution < 1.29 is 23.8 Å². The Bertz CT molecular complexity index is 342. The minimum Gasteiger partial charge on any atom is -0.447 e. The molecular formula is C12H20ClNO5. The van der Waals surface area contributed by atoms with E-state index in [2.05, 4.69) is 4.74 Å². The average Bonchev–Trinajstić information content (AvgIpc) is 2.26. The summed E-state index contributed by atoms with van der Waals surface area (Å²) in [6.45, 7) is 7.61. The van der Waals surface area contributed by atoms with Gasteiger partial charge in [0, 0.05) is 0 Å². The van der Waals surface area contributed by atoms with Crippen LogP contribution in [0.1, 0.15) is 27.7 Å². The van der Waals surface area contributed by atoms with E-state index in [0.717, 1.165) is 0 Å². The molecule has 1 heterocycles. The summed E-state index contributed by atoms with van der Waals surface area (Å²) >= 11 is 5.33. The molecular weight excluding hydrogens is 274 g/mol. The second-order valence-corrected chi connectivity index (χ2v) is 5.61. The van der Waals surface area contributed by atoms with Crippen molar-refractivity contribution in [2.75, 3.05) is 19.2 Å². The zero-order valence-corrected chi connectivity index (χ0v) is 12.4. The highest BCUT2D eigenvalue weighted by atomic mass is 35.5. The van der Waals surface area contributed by atoms with E-state index in [1.165, 1.54) is 4.90 Å². The molecule has 0 aliphatic carbocycles. The third-order valence-electron chi connectivity index (χ3n) is 2.37. The van der Waals surface area contributed by atoms with Gasteiger partial charge >= 0.3 is 12.1 Å². The fraction of sp³-hybridized carbons (Fsp3) is 0.833. The summed E-state index contributed by atoms with van der Waals surface area (Å²) in [7, 11) is 0. The minimum absolute atomic E-state index is 0.106. The van der Waals surface area contributed by atoms with Crippen molar-refractivity contribution in [3.63, 3.8) is 0 Å². The SMILES string of the molecule is CC1CN(C(=O)OC(C)(C)C)CC(C(=O)OCCl)O1. The van der Waals surface area contributed by atoms with Gasteiger partial charge in [-0.15, -0.1) is 0 Å². The molecule has 2 atom stereocenters. The molecule has 0 N–H and O–H groups in total. The molecule has 7 heteroatoms. The predicted molar refractivity (Wildman–Crippen MR) is 69.0 cm³/mol. The number of rotatable bonds is 2. The second kappa shape index (κ2) is 6.43. The Labute approximate surface area is 117 Å². The normalized spacial score (nSPS) is 23.9. The van der Waals surface area contributed by atoms with Gasteiger partial charge in [-0.2, -0.15) is 0 Å². The number of hydrogen-bond donors (Lipinski definition) is 0. The third-order valence-corrected chi connectivity index (χ3v) is 2.48. The first kappa shape index (κ1) is 16.0. The average molecular weight is 294 g/mol. The zero-order chi connectivity index (χ0) is 14.6. The summed E-state index contributed by atoms with van der Waals surface area (Å²) < 4.78 is 15.4. The molecule has 0 saturated carbocycles. The quantitative estimate of drug-likeness (QED) is 0.573. The summed E-state index contributed by atoms with van der Waals surface area (Å²) in [5.74, 6) is -0.574. The van der Waals surface area contributed by atoms with Gasteiger partial charge in [0.15, 0.2) is 12.2 Å². The maximum absolute atomic E-state index is 12.0. The molecule has 1 saturated heterocycles. The molecule has 2 unspecified atom stereocenters. The number of hydrogen-bond acceptors (Lipinski definition) is 5. The van der Waals surface area contributed by atoms with Crippen molar-refractivity contribution in [3.8, 4) is 0 Å². The van der Waals surface area contributed by atoms with Crippen LogP contribution in [0.4, 0.5) is 4.79 Å². The highest BCUT2D eigenvalue weighted by molar-refractivity contribution is 6.17. The van der Waals surface area contributed by atoms with Gasteiger partial charge in [0.2, 0.25) is 0 Å². The molecule has 19 heavy (non-hydrogen) atoms.